The van der Waals surface area contributed by atoms with E-state index in [-0.39, 0.29) is 28.0 Å². The summed E-state index contributed by atoms with van der Waals surface area (Å²) in [4.78, 5) is 43.2. The van der Waals surface area contributed by atoms with Gasteiger partial charge in [-0.05, 0) is 94.9 Å². The van der Waals surface area contributed by atoms with Crippen molar-refractivity contribution in [3.05, 3.63) is 63.6 Å². The van der Waals surface area contributed by atoms with Crippen LogP contribution in [0.1, 0.15) is 106 Å². The predicted octanol–water partition coefficient (Wildman–Crippen LogP) is 4.57. The lowest BCUT2D eigenvalue weighted by atomic mass is 9.88. The second kappa shape index (κ2) is 14.0. The van der Waals surface area contributed by atoms with E-state index in [9.17, 15) is 22.8 Å². The highest BCUT2D eigenvalue weighted by molar-refractivity contribution is 7.89. The minimum absolute atomic E-state index is 0.120. The SMILES string of the molecule is CC(C)(NC(=O)c1cc2c(n(CC3CCCCC3)c1=O)CCCCCC2)C(=O)N1CCC(NS(=O)(=O)c2ccccc2)CC1. The smallest absolute Gasteiger partial charge is 0.263 e. The van der Waals surface area contributed by atoms with Crippen LogP contribution in [0.25, 0.3) is 0 Å². The van der Waals surface area contributed by atoms with Gasteiger partial charge in [0.05, 0.1) is 4.90 Å². The van der Waals surface area contributed by atoms with Crippen LogP contribution in [0.3, 0.4) is 0 Å². The summed E-state index contributed by atoms with van der Waals surface area (Å²) in [5, 5.41) is 2.89. The van der Waals surface area contributed by atoms with Gasteiger partial charge in [0.15, 0.2) is 0 Å². The summed E-state index contributed by atoms with van der Waals surface area (Å²) >= 11 is 0. The Labute approximate surface area is 261 Å². The Morgan fingerprint density at radius 1 is 0.886 bits per heavy atom. The van der Waals surface area contributed by atoms with Crippen molar-refractivity contribution >= 4 is 21.8 Å². The van der Waals surface area contributed by atoms with Crippen molar-refractivity contribution in [1.29, 1.82) is 0 Å². The number of carbonyl (C=O) groups excluding carboxylic acids is 2. The number of pyridine rings is 1. The molecular weight excluding hydrogens is 576 g/mol. The van der Waals surface area contributed by atoms with Crippen LogP contribution in [-0.4, -0.2) is 54.4 Å². The molecule has 0 unspecified atom stereocenters. The van der Waals surface area contributed by atoms with Crippen LogP contribution in [0, 0.1) is 5.92 Å². The molecule has 1 aromatic carbocycles. The maximum atomic E-state index is 13.9. The van der Waals surface area contributed by atoms with Gasteiger partial charge in [0, 0.05) is 31.4 Å². The molecule has 2 N–H and O–H groups in total. The Kier molecular flexibility index (Phi) is 10.3. The van der Waals surface area contributed by atoms with E-state index >= 15 is 0 Å². The van der Waals surface area contributed by atoms with Crippen LogP contribution in [-0.2, 0) is 34.2 Å². The van der Waals surface area contributed by atoms with Crippen LogP contribution in [0.4, 0.5) is 0 Å². The number of aromatic nitrogens is 1. The standard InChI is InChI=1S/C34H48N4O5S/c1-34(2,33(41)37-21-19-27(20-22-37)36-44(42,43)28-16-10-6-11-17-28)35-31(39)29-23-26-15-9-3-4-12-18-30(26)38(32(29)40)24-25-13-7-5-8-14-25/h6,10-11,16-17,23,25,27,36H,3-5,7-9,12-15,18-22,24H2,1-2H3,(H,35,39). The van der Waals surface area contributed by atoms with Gasteiger partial charge in [-0.15, -0.1) is 0 Å². The zero-order valence-corrected chi connectivity index (χ0v) is 27.1. The van der Waals surface area contributed by atoms with Gasteiger partial charge in [0.2, 0.25) is 15.9 Å². The molecule has 0 atom stereocenters. The number of carbonyl (C=O) groups is 2. The molecule has 5 rings (SSSR count). The van der Waals surface area contributed by atoms with Crippen LogP contribution in [0.2, 0.25) is 0 Å². The molecule has 1 aliphatic heterocycles. The van der Waals surface area contributed by atoms with E-state index in [2.05, 4.69) is 10.0 Å². The van der Waals surface area contributed by atoms with Gasteiger partial charge in [0.1, 0.15) is 11.1 Å². The minimum Gasteiger partial charge on any atom is -0.341 e. The third kappa shape index (κ3) is 7.62. The summed E-state index contributed by atoms with van der Waals surface area (Å²) in [6.45, 7) is 4.74. The third-order valence-corrected chi connectivity index (χ3v) is 11.2. The Hall–Kier alpha value is -2.98. The molecule has 1 saturated carbocycles. The quantitative estimate of drug-likeness (QED) is 0.447. The van der Waals surface area contributed by atoms with Gasteiger partial charge in [-0.25, -0.2) is 13.1 Å². The Morgan fingerprint density at radius 2 is 1.52 bits per heavy atom. The van der Waals surface area contributed by atoms with Crippen LogP contribution in [0.15, 0.2) is 46.1 Å². The van der Waals surface area contributed by atoms with E-state index in [1.54, 1.807) is 55.1 Å². The second-order valence-electron chi connectivity index (χ2n) is 13.4. The molecule has 240 valence electrons. The summed E-state index contributed by atoms with van der Waals surface area (Å²) in [7, 11) is -3.64. The fourth-order valence-corrected chi connectivity index (χ4v) is 8.43. The van der Waals surface area contributed by atoms with Crippen molar-refractivity contribution in [2.45, 2.75) is 120 Å². The molecule has 0 bridgehead atoms. The highest BCUT2D eigenvalue weighted by atomic mass is 32.2. The molecule has 1 aromatic heterocycles. The number of rotatable bonds is 8. The van der Waals surface area contributed by atoms with Gasteiger partial charge < -0.3 is 14.8 Å². The zero-order chi connectivity index (χ0) is 31.3. The first-order chi connectivity index (χ1) is 21.0. The number of aryl methyl sites for hydroxylation is 1. The topological polar surface area (TPSA) is 118 Å². The maximum absolute atomic E-state index is 13.9. The summed E-state index contributed by atoms with van der Waals surface area (Å²) in [5.74, 6) is -0.308. The molecule has 2 aromatic rings. The monoisotopic (exact) mass is 624 g/mol. The first-order valence-electron chi connectivity index (χ1n) is 16.5. The van der Waals surface area contributed by atoms with Crippen molar-refractivity contribution in [3.8, 4) is 0 Å². The summed E-state index contributed by atoms with van der Waals surface area (Å²) in [5.41, 5.74) is 0.822. The second-order valence-corrected chi connectivity index (χ2v) is 15.2. The molecule has 44 heavy (non-hydrogen) atoms. The third-order valence-electron chi connectivity index (χ3n) is 9.63. The van der Waals surface area contributed by atoms with Crippen molar-refractivity contribution in [3.63, 3.8) is 0 Å². The zero-order valence-electron chi connectivity index (χ0n) is 26.3. The lowest BCUT2D eigenvalue weighted by Crippen LogP contribution is -2.58. The molecule has 1 saturated heterocycles. The lowest BCUT2D eigenvalue weighted by Gasteiger charge is -2.37. The molecule has 3 aliphatic rings. The van der Waals surface area contributed by atoms with Gasteiger partial charge in [-0.1, -0.05) is 50.3 Å². The van der Waals surface area contributed by atoms with Gasteiger partial charge in [-0.2, -0.15) is 0 Å². The average Bonchev–Trinajstić information content (AvgIpc) is 3.00. The molecule has 2 aliphatic carbocycles. The summed E-state index contributed by atoms with van der Waals surface area (Å²) in [6.07, 6.45) is 12.9. The normalized spacial score (nSPS) is 19.1. The number of sulfonamides is 1. The van der Waals surface area contributed by atoms with E-state index in [0.29, 0.717) is 38.4 Å². The highest BCUT2D eigenvalue weighted by Gasteiger charge is 2.37. The average molecular weight is 625 g/mol. The van der Waals surface area contributed by atoms with Gasteiger partial charge in [0.25, 0.3) is 11.5 Å². The number of nitrogens with zero attached hydrogens (tertiary/aromatic N) is 2. The number of benzene rings is 1. The number of hydrogen-bond acceptors (Lipinski definition) is 5. The molecule has 2 heterocycles. The van der Waals surface area contributed by atoms with Crippen molar-refractivity contribution in [2.24, 2.45) is 5.92 Å². The van der Waals surface area contributed by atoms with Gasteiger partial charge >= 0.3 is 0 Å². The number of fused-ring (bicyclic) bond motifs is 1. The molecule has 9 nitrogen and oxygen atoms in total. The number of hydrogen-bond donors (Lipinski definition) is 2. The molecular formula is C34H48N4O5S. The first-order valence-corrected chi connectivity index (χ1v) is 18.0. The van der Waals surface area contributed by atoms with E-state index in [0.717, 1.165) is 62.6 Å². The Morgan fingerprint density at radius 3 is 2.20 bits per heavy atom. The highest BCUT2D eigenvalue weighted by Crippen LogP contribution is 2.27. The maximum Gasteiger partial charge on any atom is 0.263 e. The van der Waals surface area contributed by atoms with Crippen LogP contribution >= 0.6 is 0 Å². The van der Waals surface area contributed by atoms with Crippen LogP contribution in [0.5, 0.6) is 0 Å². The molecule has 2 amide bonds. The number of piperidine rings is 1. The fourth-order valence-electron chi connectivity index (χ4n) is 7.11. The van der Waals surface area contributed by atoms with Crippen molar-refractivity contribution in [1.82, 2.24) is 19.5 Å². The number of likely N-dealkylation sites (tertiary alicyclic amines) is 1. The molecule has 0 spiro atoms. The largest absolute Gasteiger partial charge is 0.341 e. The Bertz CT molecular complexity index is 1490. The van der Waals surface area contributed by atoms with Crippen LogP contribution < -0.4 is 15.6 Å². The van der Waals surface area contributed by atoms with E-state index in [1.807, 2.05) is 4.57 Å². The van der Waals surface area contributed by atoms with E-state index < -0.39 is 21.5 Å². The number of nitrogens with one attached hydrogen (secondary N) is 2. The van der Waals surface area contributed by atoms with Gasteiger partial charge in [-0.3, -0.25) is 14.4 Å². The summed E-state index contributed by atoms with van der Waals surface area (Å²) < 4.78 is 30.2. The number of amides is 2. The van der Waals surface area contributed by atoms with Crippen molar-refractivity contribution < 1.29 is 18.0 Å². The molecule has 0 radical (unpaired) electrons. The molecule has 2 fully saturated rings. The lowest BCUT2D eigenvalue weighted by molar-refractivity contribution is -0.137. The fraction of sp³-hybridized carbons (Fsp3) is 0.618. The Balaban J connectivity index is 1.27. The van der Waals surface area contributed by atoms with Crippen molar-refractivity contribution in [2.75, 3.05) is 13.1 Å². The first kappa shape index (κ1) is 32.4. The van der Waals surface area contributed by atoms with E-state index in [4.69, 9.17) is 0 Å². The molecule has 10 heteroatoms. The predicted molar refractivity (Wildman–Crippen MR) is 171 cm³/mol. The summed E-state index contributed by atoms with van der Waals surface area (Å²) in [6, 6.07) is 9.76. The minimum atomic E-state index is -3.64. The van der Waals surface area contributed by atoms with E-state index in [1.165, 1.54) is 19.3 Å².